The normalized spacial score (nSPS) is 11.3. The Balaban J connectivity index is 0.707. The van der Waals surface area contributed by atoms with Gasteiger partial charge >= 0.3 is 0 Å². The van der Waals surface area contributed by atoms with Crippen molar-refractivity contribution in [2.24, 2.45) is 0 Å². The minimum absolute atomic E-state index is 0.370. The van der Waals surface area contributed by atoms with E-state index in [0.29, 0.717) is 79.3 Å². The fourth-order valence-corrected chi connectivity index (χ4v) is 7.01. The molecule has 0 N–H and O–H groups in total. The van der Waals surface area contributed by atoms with Crippen LogP contribution >= 0.6 is 0 Å². The highest BCUT2D eigenvalue weighted by Gasteiger charge is 2.11. The molecule has 0 unspecified atom stereocenters. The van der Waals surface area contributed by atoms with E-state index >= 15 is 0 Å². The van der Waals surface area contributed by atoms with E-state index in [1.165, 1.54) is 22.3 Å². The number of nitrogens with zero attached hydrogens (tertiary/aromatic N) is 2. The molecule has 0 radical (unpaired) electrons. The molecule has 0 fully saturated rings. The van der Waals surface area contributed by atoms with E-state index < -0.39 is 0 Å². The quantitative estimate of drug-likeness (QED) is 0.0440. The standard InChI is InChI=1S/C50H60N2O9/c1-37-29-43(41-13-7-5-8-14-41)30-38(2)49(37)58-19-11-17-47-33-45(51-60-47)35-56-27-25-54-23-21-53-22-24-55-26-28-57-36-46-34-48(61-52-46)18-12-20-59-50-39(3)31-44(32-40(50)4)42-15-9-6-10-16-42/h5-10,13-16,29-34H,11-12,17-28,35-36H2,1-4H3. The summed E-state index contributed by atoms with van der Waals surface area (Å²) >= 11 is 0. The molecule has 2 aromatic heterocycles. The van der Waals surface area contributed by atoms with E-state index in [0.717, 1.165) is 82.3 Å². The smallest absolute Gasteiger partial charge is 0.137 e. The van der Waals surface area contributed by atoms with Crippen LogP contribution in [0.15, 0.2) is 106 Å². The maximum atomic E-state index is 6.16. The van der Waals surface area contributed by atoms with Gasteiger partial charge in [0.15, 0.2) is 0 Å². The number of rotatable bonds is 28. The lowest BCUT2D eigenvalue weighted by atomic mass is 10.00. The molecule has 6 aromatic rings. The fourth-order valence-electron chi connectivity index (χ4n) is 7.01. The van der Waals surface area contributed by atoms with Gasteiger partial charge in [-0.1, -0.05) is 71.0 Å². The Bertz CT molecular complexity index is 1970. The van der Waals surface area contributed by atoms with Crippen molar-refractivity contribution < 1.29 is 42.2 Å². The molecule has 0 aliphatic rings. The first kappa shape index (κ1) is 45.2. The summed E-state index contributed by atoms with van der Waals surface area (Å²) in [5, 5.41) is 8.26. The molecule has 324 valence electrons. The van der Waals surface area contributed by atoms with Crippen LogP contribution in [-0.2, 0) is 49.7 Å². The van der Waals surface area contributed by atoms with E-state index in [9.17, 15) is 0 Å². The van der Waals surface area contributed by atoms with Crippen LogP contribution in [0, 0.1) is 27.7 Å². The minimum atomic E-state index is 0.370. The second-order valence-corrected chi connectivity index (χ2v) is 15.0. The summed E-state index contributed by atoms with van der Waals surface area (Å²) in [7, 11) is 0. The maximum Gasteiger partial charge on any atom is 0.137 e. The first-order valence-electron chi connectivity index (χ1n) is 21.3. The molecule has 0 aliphatic heterocycles. The molecule has 0 bridgehead atoms. The van der Waals surface area contributed by atoms with Gasteiger partial charge in [0, 0.05) is 25.0 Å². The molecule has 2 heterocycles. The van der Waals surface area contributed by atoms with E-state index in [1.54, 1.807) is 0 Å². The van der Waals surface area contributed by atoms with Crippen LogP contribution < -0.4 is 9.47 Å². The second-order valence-electron chi connectivity index (χ2n) is 15.0. The SMILES string of the molecule is Cc1cc(-c2ccccc2)cc(C)c1OCCCc1cc(COCCOCCOCCOCCOCc2cc(CCCOc3c(C)cc(-c4ccccc4)cc3C)on2)no1. The predicted molar refractivity (Wildman–Crippen MR) is 235 cm³/mol. The molecule has 0 spiro atoms. The third-order valence-electron chi connectivity index (χ3n) is 9.97. The Labute approximate surface area is 360 Å². The van der Waals surface area contributed by atoms with Gasteiger partial charge in [-0.25, -0.2) is 0 Å². The van der Waals surface area contributed by atoms with Crippen molar-refractivity contribution in [2.45, 2.75) is 66.6 Å². The van der Waals surface area contributed by atoms with E-state index in [-0.39, 0.29) is 0 Å². The summed E-state index contributed by atoms with van der Waals surface area (Å²) in [5.74, 6) is 3.54. The van der Waals surface area contributed by atoms with Crippen LogP contribution in [-0.4, -0.2) is 76.4 Å². The van der Waals surface area contributed by atoms with Gasteiger partial charge in [-0.05, 0) is 109 Å². The van der Waals surface area contributed by atoms with Gasteiger partial charge in [0.1, 0.15) is 34.4 Å². The molecule has 0 saturated carbocycles. The van der Waals surface area contributed by atoms with Crippen molar-refractivity contribution in [2.75, 3.05) is 66.1 Å². The summed E-state index contributed by atoms with van der Waals surface area (Å²) in [6, 6.07) is 33.4. The largest absolute Gasteiger partial charge is 0.493 e. The zero-order chi connectivity index (χ0) is 42.5. The molecule has 0 aliphatic carbocycles. The fraction of sp³-hybridized carbons (Fsp3) is 0.400. The average molecular weight is 833 g/mol. The van der Waals surface area contributed by atoms with Crippen LogP contribution in [0.2, 0.25) is 0 Å². The molecule has 61 heavy (non-hydrogen) atoms. The van der Waals surface area contributed by atoms with Gasteiger partial charge in [-0.15, -0.1) is 0 Å². The summed E-state index contributed by atoms with van der Waals surface area (Å²) in [4.78, 5) is 0. The average Bonchev–Trinajstić information content (AvgIpc) is 3.93. The van der Waals surface area contributed by atoms with Crippen LogP contribution in [0.5, 0.6) is 11.5 Å². The molecule has 0 atom stereocenters. The summed E-state index contributed by atoms with van der Waals surface area (Å²) in [6.45, 7) is 14.1. The van der Waals surface area contributed by atoms with Crippen molar-refractivity contribution in [3.05, 3.63) is 142 Å². The van der Waals surface area contributed by atoms with Crippen molar-refractivity contribution in [3.8, 4) is 33.8 Å². The van der Waals surface area contributed by atoms with Gasteiger partial charge in [0.05, 0.1) is 79.3 Å². The lowest BCUT2D eigenvalue weighted by Gasteiger charge is -2.14. The monoisotopic (exact) mass is 832 g/mol. The number of hydrogen-bond acceptors (Lipinski definition) is 11. The first-order chi connectivity index (χ1) is 29.9. The number of benzene rings is 4. The highest BCUT2D eigenvalue weighted by Crippen LogP contribution is 2.31. The topological polar surface area (TPSA) is 117 Å². The van der Waals surface area contributed by atoms with Crippen LogP contribution in [0.3, 0.4) is 0 Å². The molecule has 0 saturated heterocycles. The first-order valence-corrected chi connectivity index (χ1v) is 21.3. The van der Waals surface area contributed by atoms with Gasteiger partial charge in [0.25, 0.3) is 0 Å². The third kappa shape index (κ3) is 15.0. The number of ether oxygens (including phenoxy) is 7. The molecule has 6 rings (SSSR count). The maximum absolute atomic E-state index is 6.16. The van der Waals surface area contributed by atoms with Crippen LogP contribution in [0.1, 0.15) is 58.0 Å². The lowest BCUT2D eigenvalue weighted by molar-refractivity contribution is -0.0144. The zero-order valence-electron chi connectivity index (χ0n) is 36.1. The number of aryl methyl sites for hydroxylation is 6. The van der Waals surface area contributed by atoms with Gasteiger partial charge in [-0.2, -0.15) is 0 Å². The Morgan fingerprint density at radius 3 is 1.10 bits per heavy atom. The van der Waals surface area contributed by atoms with E-state index in [4.69, 9.17) is 42.2 Å². The van der Waals surface area contributed by atoms with Gasteiger partial charge < -0.3 is 42.2 Å². The molecule has 11 nitrogen and oxygen atoms in total. The molecular formula is C50H60N2O9. The zero-order valence-corrected chi connectivity index (χ0v) is 36.1. The summed E-state index contributed by atoms with van der Waals surface area (Å²) in [5.41, 5.74) is 10.9. The highest BCUT2D eigenvalue weighted by molar-refractivity contribution is 5.68. The number of aromatic nitrogens is 2. The van der Waals surface area contributed by atoms with Crippen LogP contribution in [0.25, 0.3) is 22.3 Å². The molecule has 11 heteroatoms. The minimum Gasteiger partial charge on any atom is -0.493 e. The lowest BCUT2D eigenvalue weighted by Crippen LogP contribution is -2.13. The number of hydrogen-bond donors (Lipinski definition) is 0. The van der Waals surface area contributed by atoms with E-state index in [2.05, 4.69) is 111 Å². The Morgan fingerprint density at radius 2 is 0.738 bits per heavy atom. The van der Waals surface area contributed by atoms with Crippen molar-refractivity contribution in [3.63, 3.8) is 0 Å². The summed E-state index contributed by atoms with van der Waals surface area (Å²) < 4.78 is 51.5. The summed E-state index contributed by atoms with van der Waals surface area (Å²) in [6.07, 6.45) is 3.13. The Hall–Kier alpha value is -5.30. The van der Waals surface area contributed by atoms with Crippen molar-refractivity contribution in [1.82, 2.24) is 10.3 Å². The highest BCUT2D eigenvalue weighted by atomic mass is 16.6. The van der Waals surface area contributed by atoms with Gasteiger partial charge in [-0.3, -0.25) is 0 Å². The Kier molecular flexibility index (Phi) is 18.4. The molecule has 4 aromatic carbocycles. The van der Waals surface area contributed by atoms with Crippen LogP contribution in [0.4, 0.5) is 0 Å². The predicted octanol–water partition coefficient (Wildman–Crippen LogP) is 10.0. The van der Waals surface area contributed by atoms with Crippen molar-refractivity contribution in [1.29, 1.82) is 0 Å². The van der Waals surface area contributed by atoms with Gasteiger partial charge in [0.2, 0.25) is 0 Å². The van der Waals surface area contributed by atoms with E-state index in [1.807, 2.05) is 24.3 Å². The second kappa shape index (κ2) is 24.8. The van der Waals surface area contributed by atoms with Crippen molar-refractivity contribution >= 4 is 0 Å². The Morgan fingerprint density at radius 1 is 0.393 bits per heavy atom. The molecule has 0 amide bonds. The third-order valence-corrected chi connectivity index (χ3v) is 9.97. The molecular weight excluding hydrogens is 773 g/mol.